The fourth-order valence-electron chi connectivity index (χ4n) is 2.27. The van der Waals surface area contributed by atoms with Crippen molar-refractivity contribution in [2.75, 3.05) is 0 Å². The molecule has 1 heterocycles. The molecule has 0 aliphatic carbocycles. The number of Topliss-reactive ketones (excluding diaryl/α,β-unsaturated/α-hetero) is 1. The first-order valence-corrected chi connectivity index (χ1v) is 7.89. The number of hydrogen-bond donors (Lipinski definition) is 1. The highest BCUT2D eigenvalue weighted by Crippen LogP contribution is 2.22. The second-order valence-corrected chi connectivity index (χ2v) is 6.83. The molecule has 1 amide bonds. The minimum absolute atomic E-state index is 0.00319. The minimum Gasteiger partial charge on any atom is -0.450 e. The molecule has 0 bridgehead atoms. The maximum absolute atomic E-state index is 12.4. The van der Waals surface area contributed by atoms with Crippen LogP contribution in [0.4, 0.5) is 0 Å². The van der Waals surface area contributed by atoms with Crippen molar-refractivity contribution in [3.63, 3.8) is 0 Å². The Kier molecular flexibility index (Phi) is 5.17. The zero-order valence-electron chi connectivity index (χ0n) is 14.4. The van der Waals surface area contributed by atoms with Gasteiger partial charge in [0.1, 0.15) is 5.71 Å². The summed E-state index contributed by atoms with van der Waals surface area (Å²) < 4.78 is 5.17. The lowest BCUT2D eigenvalue weighted by molar-refractivity contribution is -0.138. The molecule has 0 spiro atoms. The van der Waals surface area contributed by atoms with E-state index in [4.69, 9.17) is 4.74 Å². The van der Waals surface area contributed by atoms with Crippen LogP contribution >= 0.6 is 0 Å². The summed E-state index contributed by atoms with van der Waals surface area (Å²) in [6, 6.07) is 7.29. The standard InChI is InChI=1S/C18H22N2O4/c1-11(24-17(23)14-9-10-15(21)20-19-14)16(22)12-5-7-13(8-6-12)18(2,3)4/h5-8,11H,9-10H2,1-4H3,(H,20,21)/t11-/m1/s1. The summed E-state index contributed by atoms with van der Waals surface area (Å²) in [5.74, 6) is -1.19. The second kappa shape index (κ2) is 6.95. The molecule has 0 fully saturated rings. The molecular formula is C18H22N2O4. The van der Waals surface area contributed by atoms with Crippen molar-refractivity contribution in [2.24, 2.45) is 5.10 Å². The van der Waals surface area contributed by atoms with Crippen molar-refractivity contribution < 1.29 is 19.1 Å². The van der Waals surface area contributed by atoms with Gasteiger partial charge in [0, 0.05) is 18.4 Å². The number of rotatable bonds is 4. The maximum atomic E-state index is 12.4. The van der Waals surface area contributed by atoms with Crippen LogP contribution in [0.1, 0.15) is 56.5 Å². The van der Waals surface area contributed by atoms with Crippen LogP contribution in [0.15, 0.2) is 29.4 Å². The molecule has 0 aromatic heterocycles. The Hall–Kier alpha value is -2.50. The first-order chi connectivity index (χ1) is 11.2. The fraction of sp³-hybridized carbons (Fsp3) is 0.444. The number of ether oxygens (including phenoxy) is 1. The van der Waals surface area contributed by atoms with Crippen LogP contribution in [-0.2, 0) is 19.7 Å². The quantitative estimate of drug-likeness (QED) is 0.678. The van der Waals surface area contributed by atoms with Crippen LogP contribution in [-0.4, -0.2) is 29.5 Å². The van der Waals surface area contributed by atoms with Gasteiger partial charge in [-0.1, -0.05) is 45.0 Å². The Morgan fingerprint density at radius 1 is 1.17 bits per heavy atom. The van der Waals surface area contributed by atoms with Gasteiger partial charge in [0.2, 0.25) is 11.7 Å². The van der Waals surface area contributed by atoms with Gasteiger partial charge in [0.05, 0.1) is 0 Å². The highest BCUT2D eigenvalue weighted by molar-refractivity contribution is 6.37. The van der Waals surface area contributed by atoms with Gasteiger partial charge >= 0.3 is 5.97 Å². The van der Waals surface area contributed by atoms with Crippen LogP contribution < -0.4 is 5.43 Å². The van der Waals surface area contributed by atoms with Crippen LogP contribution in [0.3, 0.4) is 0 Å². The number of amides is 1. The number of nitrogens with one attached hydrogen (secondary N) is 1. The third kappa shape index (κ3) is 4.28. The Bertz CT molecular complexity index is 684. The summed E-state index contributed by atoms with van der Waals surface area (Å²) in [6.45, 7) is 7.81. The molecule has 6 nitrogen and oxygen atoms in total. The van der Waals surface area contributed by atoms with Crippen molar-refractivity contribution in [1.29, 1.82) is 0 Å². The normalized spacial score (nSPS) is 16.0. The molecule has 128 valence electrons. The summed E-state index contributed by atoms with van der Waals surface area (Å²) in [7, 11) is 0. The van der Waals surface area contributed by atoms with Crippen molar-refractivity contribution in [2.45, 2.75) is 52.1 Å². The number of carbonyl (C=O) groups excluding carboxylic acids is 3. The Balaban J connectivity index is 2.01. The number of nitrogens with zero attached hydrogens (tertiary/aromatic N) is 1. The lowest BCUT2D eigenvalue weighted by Gasteiger charge is -2.19. The second-order valence-electron chi connectivity index (χ2n) is 6.83. The molecule has 6 heteroatoms. The molecular weight excluding hydrogens is 308 g/mol. The molecule has 0 unspecified atom stereocenters. The Morgan fingerprint density at radius 2 is 1.79 bits per heavy atom. The molecule has 0 radical (unpaired) electrons. The zero-order valence-corrected chi connectivity index (χ0v) is 14.4. The van der Waals surface area contributed by atoms with E-state index in [0.717, 1.165) is 5.56 Å². The largest absolute Gasteiger partial charge is 0.450 e. The zero-order chi connectivity index (χ0) is 17.9. The maximum Gasteiger partial charge on any atom is 0.355 e. The fourth-order valence-corrected chi connectivity index (χ4v) is 2.27. The lowest BCUT2D eigenvalue weighted by Crippen LogP contribution is -2.34. The number of hydrazone groups is 1. The summed E-state index contributed by atoms with van der Waals surface area (Å²) >= 11 is 0. The van der Waals surface area contributed by atoms with Crippen LogP contribution in [0, 0.1) is 0 Å². The van der Waals surface area contributed by atoms with E-state index in [0.29, 0.717) is 5.56 Å². The molecule has 1 N–H and O–H groups in total. The summed E-state index contributed by atoms with van der Waals surface area (Å²) in [5, 5.41) is 3.67. The summed E-state index contributed by atoms with van der Waals surface area (Å²) in [5.41, 5.74) is 3.97. The van der Waals surface area contributed by atoms with Gasteiger partial charge in [-0.25, -0.2) is 10.2 Å². The first-order valence-electron chi connectivity index (χ1n) is 7.89. The highest BCUT2D eigenvalue weighted by Gasteiger charge is 2.25. The SMILES string of the molecule is C[C@@H](OC(=O)C1=NNC(=O)CC1)C(=O)c1ccc(C(C)(C)C)cc1. The van der Waals surface area contributed by atoms with Gasteiger partial charge in [0.15, 0.2) is 6.10 Å². The van der Waals surface area contributed by atoms with Crippen LogP contribution in [0.25, 0.3) is 0 Å². The van der Waals surface area contributed by atoms with E-state index in [1.54, 1.807) is 12.1 Å². The first kappa shape index (κ1) is 17.8. The summed E-state index contributed by atoms with van der Waals surface area (Å²) in [4.78, 5) is 35.4. The van der Waals surface area contributed by atoms with Crippen LogP contribution in [0.2, 0.25) is 0 Å². The third-order valence-electron chi connectivity index (χ3n) is 3.83. The summed E-state index contributed by atoms with van der Waals surface area (Å²) in [6.07, 6.45) is -0.519. The molecule has 1 atom stereocenters. The van der Waals surface area contributed by atoms with E-state index in [2.05, 4.69) is 31.3 Å². The topological polar surface area (TPSA) is 84.8 Å². The molecule has 1 aromatic rings. The van der Waals surface area contributed by atoms with E-state index >= 15 is 0 Å². The predicted octanol–water partition coefficient (Wildman–Crippen LogP) is 2.36. The third-order valence-corrected chi connectivity index (χ3v) is 3.83. The molecule has 2 rings (SSSR count). The number of ketones is 1. The van der Waals surface area contributed by atoms with Gasteiger partial charge < -0.3 is 4.74 Å². The van der Waals surface area contributed by atoms with E-state index in [1.165, 1.54) is 6.92 Å². The van der Waals surface area contributed by atoms with Crippen molar-refractivity contribution >= 4 is 23.4 Å². The van der Waals surface area contributed by atoms with Gasteiger partial charge in [-0.2, -0.15) is 5.10 Å². The number of carbonyl (C=O) groups is 3. The number of esters is 1. The van der Waals surface area contributed by atoms with E-state index in [1.807, 2.05) is 12.1 Å². The van der Waals surface area contributed by atoms with Gasteiger partial charge in [-0.3, -0.25) is 9.59 Å². The molecule has 1 aliphatic rings. The average molecular weight is 330 g/mol. The minimum atomic E-state index is -0.918. The number of hydrogen-bond acceptors (Lipinski definition) is 5. The molecule has 24 heavy (non-hydrogen) atoms. The van der Waals surface area contributed by atoms with Gasteiger partial charge in [0.25, 0.3) is 0 Å². The lowest BCUT2D eigenvalue weighted by atomic mass is 9.86. The predicted molar refractivity (Wildman–Crippen MR) is 89.8 cm³/mol. The van der Waals surface area contributed by atoms with Crippen molar-refractivity contribution in [1.82, 2.24) is 5.43 Å². The average Bonchev–Trinajstić information content (AvgIpc) is 2.54. The van der Waals surface area contributed by atoms with Gasteiger partial charge in [-0.15, -0.1) is 0 Å². The Labute approximate surface area is 141 Å². The number of benzene rings is 1. The van der Waals surface area contributed by atoms with Gasteiger partial charge in [-0.05, 0) is 17.9 Å². The Morgan fingerprint density at radius 3 is 2.29 bits per heavy atom. The highest BCUT2D eigenvalue weighted by atomic mass is 16.5. The molecule has 1 aromatic carbocycles. The van der Waals surface area contributed by atoms with Crippen molar-refractivity contribution in [3.8, 4) is 0 Å². The van der Waals surface area contributed by atoms with E-state index in [-0.39, 0.29) is 35.7 Å². The molecule has 1 aliphatic heterocycles. The van der Waals surface area contributed by atoms with Crippen LogP contribution in [0.5, 0.6) is 0 Å². The molecule has 0 saturated heterocycles. The van der Waals surface area contributed by atoms with E-state index < -0.39 is 12.1 Å². The monoisotopic (exact) mass is 330 g/mol. The smallest absolute Gasteiger partial charge is 0.355 e. The molecule has 0 saturated carbocycles. The van der Waals surface area contributed by atoms with E-state index in [9.17, 15) is 14.4 Å². The van der Waals surface area contributed by atoms with Crippen molar-refractivity contribution in [3.05, 3.63) is 35.4 Å².